The number of rotatable bonds is 6. The number of hydrogen-bond acceptors (Lipinski definition) is 3. The van der Waals surface area contributed by atoms with Crippen LogP contribution in [0.5, 0.6) is 0 Å². The summed E-state index contributed by atoms with van der Waals surface area (Å²) in [6.45, 7) is 6.08. The standard InChI is InChI=1S/C17H30N2O2/c1-2-11-18-17(21)16(20)15(14-9-5-3-6-10-14)19-12-7-4-8-13-19/h2,14-16,20H,1,3-13H2,(H,18,21)/t15-,16-/m1/s1. The van der Waals surface area contributed by atoms with Gasteiger partial charge in [0, 0.05) is 12.6 Å². The molecule has 0 spiro atoms. The lowest BCUT2D eigenvalue weighted by Gasteiger charge is -2.42. The first-order valence-electron chi connectivity index (χ1n) is 8.54. The zero-order valence-corrected chi connectivity index (χ0v) is 13.1. The van der Waals surface area contributed by atoms with Crippen molar-refractivity contribution in [2.45, 2.75) is 63.5 Å². The Kier molecular flexibility index (Phi) is 6.71. The predicted octanol–water partition coefficient (Wildman–Crippen LogP) is 2.08. The van der Waals surface area contributed by atoms with Gasteiger partial charge in [0.2, 0.25) is 0 Å². The zero-order chi connectivity index (χ0) is 15.1. The average Bonchev–Trinajstić information content (AvgIpc) is 2.54. The number of likely N-dealkylation sites (tertiary alicyclic amines) is 1. The minimum absolute atomic E-state index is 0.00425. The molecule has 2 atom stereocenters. The molecule has 4 nitrogen and oxygen atoms in total. The number of amides is 1. The second-order valence-corrected chi connectivity index (χ2v) is 6.46. The van der Waals surface area contributed by atoms with Crippen molar-refractivity contribution in [3.63, 3.8) is 0 Å². The van der Waals surface area contributed by atoms with Gasteiger partial charge in [-0.2, -0.15) is 0 Å². The summed E-state index contributed by atoms with van der Waals surface area (Å²) >= 11 is 0. The Morgan fingerprint density at radius 1 is 1.19 bits per heavy atom. The molecule has 2 aliphatic rings. The van der Waals surface area contributed by atoms with Gasteiger partial charge in [-0.15, -0.1) is 6.58 Å². The van der Waals surface area contributed by atoms with E-state index in [-0.39, 0.29) is 11.9 Å². The first-order chi connectivity index (χ1) is 10.2. The summed E-state index contributed by atoms with van der Waals surface area (Å²) in [6, 6.07) is -0.00425. The Hall–Kier alpha value is -0.870. The number of carbonyl (C=O) groups excluding carboxylic acids is 1. The van der Waals surface area contributed by atoms with E-state index in [4.69, 9.17) is 0 Å². The first kappa shape index (κ1) is 16.5. The molecule has 1 aliphatic carbocycles. The molecule has 2 rings (SSSR count). The zero-order valence-electron chi connectivity index (χ0n) is 13.1. The summed E-state index contributed by atoms with van der Waals surface area (Å²) in [6.07, 6.45) is 10.4. The number of carbonyl (C=O) groups is 1. The Morgan fingerprint density at radius 3 is 2.43 bits per heavy atom. The molecule has 2 fully saturated rings. The van der Waals surface area contributed by atoms with Gasteiger partial charge < -0.3 is 10.4 Å². The van der Waals surface area contributed by atoms with Crippen molar-refractivity contribution in [1.82, 2.24) is 10.2 Å². The van der Waals surface area contributed by atoms with E-state index in [1.54, 1.807) is 6.08 Å². The van der Waals surface area contributed by atoms with Crippen LogP contribution in [0.4, 0.5) is 0 Å². The highest BCUT2D eigenvalue weighted by Gasteiger charge is 2.37. The quantitative estimate of drug-likeness (QED) is 0.738. The number of nitrogens with zero attached hydrogens (tertiary/aromatic N) is 1. The molecular formula is C17H30N2O2. The highest BCUT2D eigenvalue weighted by Crippen LogP contribution is 2.32. The smallest absolute Gasteiger partial charge is 0.250 e. The van der Waals surface area contributed by atoms with E-state index < -0.39 is 6.10 Å². The second kappa shape index (κ2) is 8.54. The van der Waals surface area contributed by atoms with Gasteiger partial charge >= 0.3 is 0 Å². The number of nitrogens with one attached hydrogen (secondary N) is 1. The third-order valence-electron chi connectivity index (χ3n) is 4.96. The van der Waals surface area contributed by atoms with Crippen LogP contribution in [-0.4, -0.2) is 47.7 Å². The molecule has 1 saturated carbocycles. The van der Waals surface area contributed by atoms with Crippen molar-refractivity contribution in [2.75, 3.05) is 19.6 Å². The molecule has 120 valence electrons. The lowest BCUT2D eigenvalue weighted by Crippen LogP contribution is -2.55. The van der Waals surface area contributed by atoms with Gasteiger partial charge in [-0.3, -0.25) is 9.69 Å². The van der Waals surface area contributed by atoms with Crippen LogP contribution in [0.3, 0.4) is 0 Å². The molecular weight excluding hydrogens is 264 g/mol. The summed E-state index contributed by atoms with van der Waals surface area (Å²) in [4.78, 5) is 14.6. The van der Waals surface area contributed by atoms with Crippen molar-refractivity contribution in [3.05, 3.63) is 12.7 Å². The summed E-state index contributed by atoms with van der Waals surface area (Å²) in [5.41, 5.74) is 0. The van der Waals surface area contributed by atoms with Crippen LogP contribution in [0, 0.1) is 5.92 Å². The third kappa shape index (κ3) is 4.55. The van der Waals surface area contributed by atoms with Gasteiger partial charge in [0.25, 0.3) is 5.91 Å². The number of hydrogen-bond donors (Lipinski definition) is 2. The highest BCUT2D eigenvalue weighted by atomic mass is 16.3. The van der Waals surface area contributed by atoms with Gasteiger partial charge in [0.1, 0.15) is 6.10 Å². The molecule has 0 aromatic rings. The lowest BCUT2D eigenvalue weighted by atomic mass is 9.80. The lowest BCUT2D eigenvalue weighted by molar-refractivity contribution is -0.135. The van der Waals surface area contributed by atoms with Gasteiger partial charge in [0.15, 0.2) is 0 Å². The van der Waals surface area contributed by atoms with Crippen molar-refractivity contribution in [2.24, 2.45) is 5.92 Å². The molecule has 4 heteroatoms. The largest absolute Gasteiger partial charge is 0.382 e. The monoisotopic (exact) mass is 294 g/mol. The van der Waals surface area contributed by atoms with E-state index in [0.717, 1.165) is 25.9 Å². The number of aliphatic hydroxyl groups is 1. The van der Waals surface area contributed by atoms with Gasteiger partial charge in [-0.05, 0) is 44.7 Å². The minimum atomic E-state index is -0.911. The van der Waals surface area contributed by atoms with Crippen LogP contribution < -0.4 is 5.32 Å². The van der Waals surface area contributed by atoms with Crippen molar-refractivity contribution in [1.29, 1.82) is 0 Å². The summed E-state index contributed by atoms with van der Waals surface area (Å²) in [7, 11) is 0. The number of piperidine rings is 1. The molecule has 21 heavy (non-hydrogen) atoms. The number of aliphatic hydroxyl groups excluding tert-OH is 1. The fourth-order valence-corrected chi connectivity index (χ4v) is 3.88. The molecule has 0 aromatic heterocycles. The maximum absolute atomic E-state index is 12.2. The van der Waals surface area contributed by atoms with Crippen molar-refractivity contribution >= 4 is 5.91 Å². The van der Waals surface area contributed by atoms with Gasteiger partial charge in [0.05, 0.1) is 0 Å². The fraction of sp³-hybridized carbons (Fsp3) is 0.824. The van der Waals surface area contributed by atoms with E-state index in [9.17, 15) is 9.90 Å². The Balaban J connectivity index is 2.05. The van der Waals surface area contributed by atoms with E-state index in [0.29, 0.717) is 12.5 Å². The Bertz CT molecular complexity index is 316. The predicted molar refractivity (Wildman–Crippen MR) is 85.0 cm³/mol. The van der Waals surface area contributed by atoms with Crippen LogP contribution >= 0.6 is 0 Å². The van der Waals surface area contributed by atoms with Gasteiger partial charge in [-0.25, -0.2) is 0 Å². The van der Waals surface area contributed by atoms with Gasteiger partial charge in [-0.1, -0.05) is 31.8 Å². The molecule has 0 unspecified atom stereocenters. The first-order valence-corrected chi connectivity index (χ1v) is 8.54. The molecule has 1 saturated heterocycles. The van der Waals surface area contributed by atoms with Crippen LogP contribution in [-0.2, 0) is 4.79 Å². The van der Waals surface area contributed by atoms with E-state index >= 15 is 0 Å². The molecule has 2 N–H and O–H groups in total. The summed E-state index contributed by atoms with van der Waals surface area (Å²) in [5, 5.41) is 13.4. The maximum Gasteiger partial charge on any atom is 0.250 e. The third-order valence-corrected chi connectivity index (χ3v) is 4.96. The fourth-order valence-electron chi connectivity index (χ4n) is 3.88. The maximum atomic E-state index is 12.2. The van der Waals surface area contributed by atoms with Crippen LogP contribution in [0.15, 0.2) is 12.7 Å². The van der Waals surface area contributed by atoms with E-state index in [1.807, 2.05) is 0 Å². The molecule has 1 heterocycles. The Morgan fingerprint density at radius 2 is 1.81 bits per heavy atom. The Labute approximate surface area is 128 Å². The molecule has 0 bridgehead atoms. The normalized spacial score (nSPS) is 24.2. The van der Waals surface area contributed by atoms with E-state index in [1.165, 1.54) is 38.5 Å². The molecule has 1 amide bonds. The minimum Gasteiger partial charge on any atom is -0.382 e. The molecule has 0 radical (unpaired) electrons. The molecule has 1 aliphatic heterocycles. The summed E-state index contributed by atoms with van der Waals surface area (Å²) in [5.74, 6) is 0.220. The SMILES string of the molecule is C=CCNC(=O)[C@H](O)[C@@H](C1CCCCC1)N1CCCCC1. The second-order valence-electron chi connectivity index (χ2n) is 6.46. The van der Waals surface area contributed by atoms with Crippen molar-refractivity contribution in [3.8, 4) is 0 Å². The average molecular weight is 294 g/mol. The van der Waals surface area contributed by atoms with Crippen molar-refractivity contribution < 1.29 is 9.90 Å². The highest BCUT2D eigenvalue weighted by molar-refractivity contribution is 5.81. The van der Waals surface area contributed by atoms with Crippen LogP contribution in [0.2, 0.25) is 0 Å². The molecule has 0 aromatic carbocycles. The van der Waals surface area contributed by atoms with Crippen LogP contribution in [0.1, 0.15) is 51.4 Å². The van der Waals surface area contributed by atoms with Crippen LogP contribution in [0.25, 0.3) is 0 Å². The van der Waals surface area contributed by atoms with E-state index in [2.05, 4.69) is 16.8 Å². The summed E-state index contributed by atoms with van der Waals surface area (Å²) < 4.78 is 0. The topological polar surface area (TPSA) is 52.6 Å².